The molecule has 1 aliphatic rings. The van der Waals surface area contributed by atoms with Crippen LogP contribution in [-0.4, -0.2) is 38.3 Å². The summed E-state index contributed by atoms with van der Waals surface area (Å²) in [5.41, 5.74) is 1.60. The number of ether oxygens (including phenoxy) is 1. The van der Waals surface area contributed by atoms with Gasteiger partial charge in [-0.3, -0.25) is 4.79 Å². The van der Waals surface area contributed by atoms with Gasteiger partial charge in [0.25, 0.3) is 0 Å². The van der Waals surface area contributed by atoms with Gasteiger partial charge in [-0.1, -0.05) is 30.7 Å². The molecule has 1 atom stereocenters. The summed E-state index contributed by atoms with van der Waals surface area (Å²) in [5.74, 6) is 0.361. The summed E-state index contributed by atoms with van der Waals surface area (Å²) in [4.78, 5) is 12.9. The number of hydrogen-bond donors (Lipinski definition) is 1. The summed E-state index contributed by atoms with van der Waals surface area (Å²) in [6.45, 7) is 2.37. The van der Waals surface area contributed by atoms with Gasteiger partial charge in [0.1, 0.15) is 5.75 Å². The van der Waals surface area contributed by atoms with Crippen molar-refractivity contribution >= 4 is 21.6 Å². The number of methoxy groups -OCH3 is 1. The Morgan fingerprint density at radius 2 is 1.93 bits per heavy atom. The SMILES string of the molecule is COc1ccc(C)cc1NC(=O)C[C@@H]1CCCCN1S(=O)(=O)c1ccccc1. The summed E-state index contributed by atoms with van der Waals surface area (Å²) < 4.78 is 32.9. The van der Waals surface area contributed by atoms with E-state index in [4.69, 9.17) is 4.74 Å². The second kappa shape index (κ2) is 8.75. The first-order chi connectivity index (χ1) is 13.4. The molecule has 2 aromatic rings. The van der Waals surface area contributed by atoms with Crippen LogP contribution in [0, 0.1) is 6.92 Å². The fourth-order valence-electron chi connectivity index (χ4n) is 3.56. The third-order valence-corrected chi connectivity index (χ3v) is 6.94. The van der Waals surface area contributed by atoms with Gasteiger partial charge in [0.2, 0.25) is 15.9 Å². The molecule has 0 radical (unpaired) electrons. The number of anilines is 1. The lowest BCUT2D eigenvalue weighted by atomic mass is 10.0. The highest BCUT2D eigenvalue weighted by molar-refractivity contribution is 7.89. The van der Waals surface area contributed by atoms with E-state index in [-0.39, 0.29) is 23.3 Å². The summed E-state index contributed by atoms with van der Waals surface area (Å²) in [6.07, 6.45) is 2.50. The van der Waals surface area contributed by atoms with E-state index in [1.807, 2.05) is 19.1 Å². The first-order valence-electron chi connectivity index (χ1n) is 9.43. The molecule has 0 unspecified atom stereocenters. The number of rotatable bonds is 6. The maximum atomic E-state index is 13.1. The van der Waals surface area contributed by atoms with Gasteiger partial charge in [0.15, 0.2) is 0 Å². The second-order valence-corrected chi connectivity index (χ2v) is 8.93. The lowest BCUT2D eigenvalue weighted by Crippen LogP contribution is -2.45. The van der Waals surface area contributed by atoms with Crippen molar-refractivity contribution in [1.82, 2.24) is 4.31 Å². The van der Waals surface area contributed by atoms with E-state index < -0.39 is 10.0 Å². The van der Waals surface area contributed by atoms with Gasteiger partial charge in [-0.05, 0) is 49.6 Å². The lowest BCUT2D eigenvalue weighted by Gasteiger charge is -2.34. The average molecular weight is 403 g/mol. The van der Waals surface area contributed by atoms with Crippen LogP contribution in [0.25, 0.3) is 0 Å². The number of piperidine rings is 1. The highest BCUT2D eigenvalue weighted by atomic mass is 32.2. The smallest absolute Gasteiger partial charge is 0.243 e. The number of nitrogens with one attached hydrogen (secondary N) is 1. The van der Waals surface area contributed by atoms with Gasteiger partial charge in [-0.2, -0.15) is 4.31 Å². The Bertz CT molecular complexity index is 929. The number of benzene rings is 2. The normalized spacial score (nSPS) is 17.9. The van der Waals surface area contributed by atoms with Crippen molar-refractivity contribution < 1.29 is 17.9 Å². The van der Waals surface area contributed by atoms with Crippen LogP contribution in [0.2, 0.25) is 0 Å². The zero-order valence-corrected chi connectivity index (χ0v) is 17.0. The van der Waals surface area contributed by atoms with Gasteiger partial charge in [-0.15, -0.1) is 0 Å². The highest BCUT2D eigenvalue weighted by Crippen LogP contribution is 2.29. The van der Waals surface area contributed by atoms with Crippen molar-refractivity contribution in [1.29, 1.82) is 0 Å². The van der Waals surface area contributed by atoms with Gasteiger partial charge < -0.3 is 10.1 Å². The minimum absolute atomic E-state index is 0.114. The van der Waals surface area contributed by atoms with Gasteiger partial charge in [-0.25, -0.2) is 8.42 Å². The van der Waals surface area contributed by atoms with Crippen LogP contribution in [0.5, 0.6) is 5.75 Å². The molecule has 0 aromatic heterocycles. The molecule has 0 spiro atoms. The van der Waals surface area contributed by atoms with Crippen molar-refractivity contribution in [3.63, 3.8) is 0 Å². The first kappa shape index (κ1) is 20.4. The molecule has 1 saturated heterocycles. The lowest BCUT2D eigenvalue weighted by molar-refractivity contribution is -0.117. The molecule has 0 bridgehead atoms. The van der Waals surface area contributed by atoms with Crippen LogP contribution in [0.3, 0.4) is 0 Å². The minimum Gasteiger partial charge on any atom is -0.495 e. The molecule has 2 aromatic carbocycles. The molecule has 1 amide bonds. The summed E-state index contributed by atoms with van der Waals surface area (Å²) in [6, 6.07) is 13.6. The molecule has 6 nitrogen and oxygen atoms in total. The van der Waals surface area contributed by atoms with E-state index in [1.54, 1.807) is 43.5 Å². The summed E-state index contributed by atoms with van der Waals surface area (Å²) in [5, 5.41) is 2.88. The van der Waals surface area contributed by atoms with Crippen LogP contribution < -0.4 is 10.1 Å². The van der Waals surface area contributed by atoms with Gasteiger partial charge >= 0.3 is 0 Å². The van der Waals surface area contributed by atoms with E-state index in [9.17, 15) is 13.2 Å². The van der Waals surface area contributed by atoms with Gasteiger partial charge in [0, 0.05) is 19.0 Å². The Balaban J connectivity index is 1.76. The van der Waals surface area contributed by atoms with Crippen LogP contribution in [-0.2, 0) is 14.8 Å². The van der Waals surface area contributed by atoms with Crippen molar-refractivity contribution in [2.24, 2.45) is 0 Å². The number of nitrogens with zero attached hydrogens (tertiary/aromatic N) is 1. The fourth-order valence-corrected chi connectivity index (χ4v) is 5.27. The van der Waals surface area contributed by atoms with Gasteiger partial charge in [0.05, 0.1) is 17.7 Å². The average Bonchev–Trinajstić information content (AvgIpc) is 2.69. The Hall–Kier alpha value is -2.38. The number of sulfonamides is 1. The number of carbonyl (C=O) groups excluding carboxylic acids is 1. The van der Waals surface area contributed by atoms with E-state index in [0.717, 1.165) is 18.4 Å². The summed E-state index contributed by atoms with van der Waals surface area (Å²) in [7, 11) is -2.07. The van der Waals surface area contributed by atoms with E-state index in [2.05, 4.69) is 5.32 Å². The molecule has 7 heteroatoms. The molecular weight excluding hydrogens is 376 g/mol. The van der Waals surface area contributed by atoms with Crippen molar-refractivity contribution in [3.05, 3.63) is 54.1 Å². The Kier molecular flexibility index (Phi) is 6.36. The molecule has 0 aliphatic carbocycles. The predicted octanol–water partition coefficient (Wildman–Crippen LogP) is 3.58. The molecule has 28 heavy (non-hydrogen) atoms. The van der Waals surface area contributed by atoms with E-state index in [0.29, 0.717) is 24.4 Å². The number of carbonyl (C=O) groups is 1. The second-order valence-electron chi connectivity index (χ2n) is 7.03. The third kappa shape index (κ3) is 4.54. The molecular formula is C21H26N2O4S. The summed E-state index contributed by atoms with van der Waals surface area (Å²) >= 11 is 0. The molecule has 1 heterocycles. The predicted molar refractivity (Wildman–Crippen MR) is 109 cm³/mol. The molecule has 1 fully saturated rings. The van der Waals surface area contributed by atoms with Crippen molar-refractivity contribution in [2.45, 2.75) is 43.5 Å². The zero-order chi connectivity index (χ0) is 20.1. The van der Waals surface area contributed by atoms with Crippen molar-refractivity contribution in [3.8, 4) is 5.75 Å². The molecule has 1 aliphatic heterocycles. The quantitative estimate of drug-likeness (QED) is 0.801. The largest absolute Gasteiger partial charge is 0.495 e. The molecule has 1 N–H and O–H groups in total. The number of hydrogen-bond acceptors (Lipinski definition) is 4. The van der Waals surface area contributed by atoms with Crippen LogP contribution in [0.1, 0.15) is 31.2 Å². The van der Waals surface area contributed by atoms with Crippen LogP contribution in [0.15, 0.2) is 53.4 Å². The molecule has 0 saturated carbocycles. The number of amides is 1. The fraction of sp³-hybridized carbons (Fsp3) is 0.381. The standard InChI is InChI=1S/C21H26N2O4S/c1-16-11-12-20(27-2)19(14-16)22-21(24)15-17-8-6-7-13-23(17)28(25,26)18-9-4-3-5-10-18/h3-5,9-12,14,17H,6-8,13,15H2,1-2H3,(H,22,24)/t17-/m0/s1. The molecule has 3 rings (SSSR count). The maximum Gasteiger partial charge on any atom is 0.243 e. The highest BCUT2D eigenvalue weighted by Gasteiger charge is 2.34. The van der Waals surface area contributed by atoms with E-state index >= 15 is 0 Å². The Morgan fingerprint density at radius 1 is 1.18 bits per heavy atom. The zero-order valence-electron chi connectivity index (χ0n) is 16.2. The van der Waals surface area contributed by atoms with Crippen LogP contribution >= 0.6 is 0 Å². The molecule has 150 valence electrons. The minimum atomic E-state index is -3.62. The van der Waals surface area contributed by atoms with Crippen molar-refractivity contribution in [2.75, 3.05) is 19.0 Å². The third-order valence-electron chi connectivity index (χ3n) is 4.97. The Labute approximate surface area is 166 Å². The maximum absolute atomic E-state index is 13.1. The topological polar surface area (TPSA) is 75.7 Å². The Morgan fingerprint density at radius 3 is 2.64 bits per heavy atom. The first-order valence-corrected chi connectivity index (χ1v) is 10.9. The number of aryl methyl sites for hydroxylation is 1. The monoisotopic (exact) mass is 402 g/mol. The van der Waals surface area contributed by atoms with E-state index in [1.165, 1.54) is 4.31 Å². The van der Waals surface area contributed by atoms with Crippen LogP contribution in [0.4, 0.5) is 5.69 Å².